The maximum Gasteiger partial charge on any atom is 0.253 e. The molecule has 5 nitrogen and oxygen atoms in total. The molecule has 2 aromatic carbocycles. The van der Waals surface area contributed by atoms with Crippen LogP contribution in [0.3, 0.4) is 0 Å². The van der Waals surface area contributed by atoms with E-state index in [2.05, 4.69) is 36.2 Å². The number of hydrogen-bond donors (Lipinski definition) is 0. The van der Waals surface area contributed by atoms with Crippen LogP contribution in [0.5, 0.6) is 5.75 Å². The lowest BCUT2D eigenvalue weighted by molar-refractivity contribution is -0.171. The Morgan fingerprint density at radius 3 is 2.44 bits per heavy atom. The second-order valence-electron chi connectivity index (χ2n) is 9.34. The molecule has 2 aliphatic rings. The molecule has 32 heavy (non-hydrogen) atoms. The lowest BCUT2D eigenvalue weighted by Crippen LogP contribution is -2.57. The molecule has 0 bridgehead atoms. The molecule has 2 fully saturated rings. The molecule has 0 radical (unpaired) electrons. The van der Waals surface area contributed by atoms with Gasteiger partial charge in [0.25, 0.3) is 5.91 Å². The molecule has 0 aliphatic carbocycles. The van der Waals surface area contributed by atoms with Crippen LogP contribution in [0.15, 0.2) is 48.5 Å². The second kappa shape index (κ2) is 10.2. The van der Waals surface area contributed by atoms with Gasteiger partial charge in [0.15, 0.2) is 0 Å². The van der Waals surface area contributed by atoms with Crippen molar-refractivity contribution >= 4 is 18.3 Å². The maximum absolute atomic E-state index is 13.1. The maximum atomic E-state index is 13.1. The topological polar surface area (TPSA) is 42.0 Å². The fraction of sp³-hybridized carbons (Fsp3) is 0.500. The number of likely N-dealkylation sites (tertiary alicyclic amines) is 1. The molecule has 0 N–H and O–H groups in total. The third-order valence-electron chi connectivity index (χ3n) is 6.35. The van der Waals surface area contributed by atoms with Crippen molar-refractivity contribution in [1.29, 1.82) is 0 Å². The third-order valence-corrected chi connectivity index (χ3v) is 6.35. The zero-order chi connectivity index (χ0) is 22.0. The van der Waals surface area contributed by atoms with Gasteiger partial charge in [-0.25, -0.2) is 0 Å². The number of likely N-dealkylation sites (N-methyl/N-ethyl adjacent to an activating group) is 1. The zero-order valence-corrected chi connectivity index (χ0v) is 20.4. The smallest absolute Gasteiger partial charge is 0.253 e. The minimum Gasteiger partial charge on any atom is -0.491 e. The van der Waals surface area contributed by atoms with Crippen molar-refractivity contribution in [1.82, 2.24) is 9.80 Å². The number of ether oxygens (including phenoxy) is 2. The molecule has 2 aliphatic heterocycles. The number of carbonyl (C=O) groups is 1. The number of benzene rings is 2. The summed E-state index contributed by atoms with van der Waals surface area (Å²) in [5.41, 5.74) is 2.77. The quantitative estimate of drug-likeness (QED) is 0.654. The number of nitrogens with zero attached hydrogens (tertiary/aromatic N) is 2. The number of hydrogen-bond acceptors (Lipinski definition) is 4. The van der Waals surface area contributed by atoms with Crippen molar-refractivity contribution in [3.8, 4) is 5.75 Å². The Bertz CT molecular complexity index is 911. The van der Waals surface area contributed by atoms with E-state index in [0.717, 1.165) is 55.9 Å². The highest BCUT2D eigenvalue weighted by Crippen LogP contribution is 2.37. The Balaban J connectivity index is 0.00000289. The zero-order valence-electron chi connectivity index (χ0n) is 19.5. The fourth-order valence-electron chi connectivity index (χ4n) is 4.80. The summed E-state index contributed by atoms with van der Waals surface area (Å²) in [4.78, 5) is 17.5. The van der Waals surface area contributed by atoms with E-state index in [1.54, 1.807) is 0 Å². The van der Waals surface area contributed by atoms with Gasteiger partial charge in [-0.1, -0.05) is 30.3 Å². The van der Waals surface area contributed by atoms with Crippen LogP contribution in [0, 0.1) is 6.92 Å². The van der Waals surface area contributed by atoms with Crippen LogP contribution in [0.25, 0.3) is 0 Å². The lowest BCUT2D eigenvalue weighted by Gasteiger charge is -2.49. The first kappa shape index (κ1) is 24.6. The van der Waals surface area contributed by atoms with E-state index in [1.807, 2.05) is 49.9 Å². The van der Waals surface area contributed by atoms with Gasteiger partial charge in [-0.3, -0.25) is 4.79 Å². The first-order chi connectivity index (χ1) is 14.8. The highest BCUT2D eigenvalue weighted by Gasteiger charge is 2.43. The summed E-state index contributed by atoms with van der Waals surface area (Å²) in [6.07, 6.45) is 1.92. The Hall–Kier alpha value is -2.08. The van der Waals surface area contributed by atoms with Gasteiger partial charge in [0, 0.05) is 31.7 Å². The third kappa shape index (κ3) is 5.45. The SMILES string of the molecule is Cc1cc(C(=O)N2CCC3(CC2)CN(C)CC(c2ccccc2)O3)ccc1OC(C)C.Cl. The number of aryl methyl sites for hydroxylation is 1. The molecule has 1 atom stereocenters. The van der Waals surface area contributed by atoms with Crippen molar-refractivity contribution < 1.29 is 14.3 Å². The first-order valence-electron chi connectivity index (χ1n) is 11.3. The van der Waals surface area contributed by atoms with Crippen LogP contribution in [-0.2, 0) is 4.74 Å². The molecule has 1 spiro atoms. The van der Waals surface area contributed by atoms with E-state index >= 15 is 0 Å². The minimum absolute atomic E-state index is 0. The Morgan fingerprint density at radius 2 is 1.81 bits per heavy atom. The summed E-state index contributed by atoms with van der Waals surface area (Å²) in [5.74, 6) is 0.938. The normalized spacial score (nSPS) is 20.8. The average molecular weight is 459 g/mol. The van der Waals surface area contributed by atoms with Gasteiger partial charge in [0.2, 0.25) is 0 Å². The van der Waals surface area contributed by atoms with Gasteiger partial charge < -0.3 is 19.3 Å². The average Bonchev–Trinajstić information content (AvgIpc) is 2.75. The number of piperidine rings is 1. The largest absolute Gasteiger partial charge is 0.491 e. The summed E-state index contributed by atoms with van der Waals surface area (Å²) < 4.78 is 12.5. The predicted octanol–water partition coefficient (Wildman–Crippen LogP) is 4.88. The number of halogens is 1. The molecule has 1 amide bonds. The number of morpholine rings is 1. The second-order valence-corrected chi connectivity index (χ2v) is 9.34. The van der Waals surface area contributed by atoms with Crippen molar-refractivity contribution in [2.75, 3.05) is 33.2 Å². The molecule has 2 heterocycles. The lowest BCUT2D eigenvalue weighted by atomic mass is 9.87. The van der Waals surface area contributed by atoms with Crippen LogP contribution in [0.1, 0.15) is 54.3 Å². The monoisotopic (exact) mass is 458 g/mol. The summed E-state index contributed by atoms with van der Waals surface area (Å²) in [5, 5.41) is 0. The van der Waals surface area contributed by atoms with Gasteiger partial charge in [0.05, 0.1) is 17.8 Å². The Morgan fingerprint density at radius 1 is 1.12 bits per heavy atom. The predicted molar refractivity (Wildman–Crippen MR) is 130 cm³/mol. The van der Waals surface area contributed by atoms with Gasteiger partial charge in [-0.2, -0.15) is 0 Å². The van der Waals surface area contributed by atoms with Gasteiger partial charge in [-0.05, 0) is 70.0 Å². The molecule has 2 aromatic rings. The molecular weight excluding hydrogens is 424 g/mol. The van der Waals surface area contributed by atoms with Crippen LogP contribution in [-0.4, -0.2) is 60.6 Å². The molecule has 0 aromatic heterocycles. The number of amides is 1. The van der Waals surface area contributed by atoms with E-state index in [0.29, 0.717) is 0 Å². The van der Waals surface area contributed by atoms with Gasteiger partial charge in [-0.15, -0.1) is 12.4 Å². The van der Waals surface area contributed by atoms with E-state index in [-0.39, 0.29) is 36.1 Å². The van der Waals surface area contributed by atoms with E-state index in [4.69, 9.17) is 9.47 Å². The van der Waals surface area contributed by atoms with Crippen molar-refractivity contribution in [2.24, 2.45) is 0 Å². The van der Waals surface area contributed by atoms with Crippen molar-refractivity contribution in [3.05, 3.63) is 65.2 Å². The Kier molecular flexibility index (Phi) is 7.86. The molecule has 6 heteroatoms. The van der Waals surface area contributed by atoms with Crippen LogP contribution < -0.4 is 4.74 Å². The van der Waals surface area contributed by atoms with E-state index in [9.17, 15) is 4.79 Å². The highest BCUT2D eigenvalue weighted by molar-refractivity contribution is 5.94. The molecule has 0 saturated carbocycles. The van der Waals surface area contributed by atoms with Crippen LogP contribution >= 0.6 is 12.4 Å². The van der Waals surface area contributed by atoms with Crippen molar-refractivity contribution in [2.45, 2.75) is 51.4 Å². The molecule has 4 rings (SSSR count). The highest BCUT2D eigenvalue weighted by atomic mass is 35.5. The fourth-order valence-corrected chi connectivity index (χ4v) is 4.80. The Labute approximate surface area is 198 Å². The molecule has 1 unspecified atom stereocenters. The van der Waals surface area contributed by atoms with Gasteiger partial charge >= 0.3 is 0 Å². The summed E-state index contributed by atoms with van der Waals surface area (Å²) in [7, 11) is 2.17. The molecular formula is C26H35ClN2O3. The first-order valence-corrected chi connectivity index (χ1v) is 11.3. The van der Waals surface area contributed by atoms with Gasteiger partial charge in [0.1, 0.15) is 5.75 Å². The number of rotatable bonds is 4. The standard InChI is InChI=1S/C26H34N2O3.ClH/c1-19(2)30-23-11-10-22(16-20(23)3)25(29)28-14-12-26(13-15-28)18-27(4)17-24(31-26)21-8-6-5-7-9-21;/h5-11,16,19,24H,12-15,17-18H2,1-4H3;1H. The molecule has 2 saturated heterocycles. The van der Waals surface area contributed by atoms with Crippen LogP contribution in [0.2, 0.25) is 0 Å². The van der Waals surface area contributed by atoms with Crippen molar-refractivity contribution in [3.63, 3.8) is 0 Å². The molecule has 174 valence electrons. The van der Waals surface area contributed by atoms with Crippen LogP contribution in [0.4, 0.5) is 0 Å². The minimum atomic E-state index is -0.185. The van der Waals surface area contributed by atoms with E-state index < -0.39 is 0 Å². The number of carbonyl (C=O) groups excluding carboxylic acids is 1. The summed E-state index contributed by atoms with van der Waals surface area (Å²) >= 11 is 0. The van der Waals surface area contributed by atoms with E-state index in [1.165, 1.54) is 5.56 Å². The summed E-state index contributed by atoms with van der Waals surface area (Å²) in [6.45, 7) is 9.27. The summed E-state index contributed by atoms with van der Waals surface area (Å²) in [6, 6.07) is 16.2.